The van der Waals surface area contributed by atoms with Crippen molar-refractivity contribution in [1.29, 1.82) is 0 Å². The Morgan fingerprint density at radius 3 is 2.26 bits per heavy atom. The second kappa shape index (κ2) is 10.6. The van der Waals surface area contributed by atoms with Crippen LogP contribution in [0.3, 0.4) is 0 Å². The summed E-state index contributed by atoms with van der Waals surface area (Å²) in [5, 5.41) is 8.57. The molecular formula is C28H28N4O3. The lowest BCUT2D eigenvalue weighted by molar-refractivity contribution is 0.0340. The van der Waals surface area contributed by atoms with E-state index in [2.05, 4.69) is 21.4 Å². The van der Waals surface area contributed by atoms with E-state index >= 15 is 0 Å². The Labute approximate surface area is 204 Å². The fourth-order valence-corrected chi connectivity index (χ4v) is 4.41. The second-order valence-corrected chi connectivity index (χ2v) is 8.68. The molecule has 0 spiro atoms. The van der Waals surface area contributed by atoms with Crippen molar-refractivity contribution in [3.8, 4) is 0 Å². The van der Waals surface area contributed by atoms with Gasteiger partial charge in [-0.3, -0.25) is 14.5 Å². The second-order valence-electron chi connectivity index (χ2n) is 8.68. The Kier molecular flexibility index (Phi) is 6.97. The predicted octanol–water partition coefficient (Wildman–Crippen LogP) is 3.21. The van der Waals surface area contributed by atoms with Gasteiger partial charge in [-0.05, 0) is 22.8 Å². The van der Waals surface area contributed by atoms with Gasteiger partial charge in [0.05, 0.1) is 25.1 Å². The molecule has 1 N–H and O–H groups in total. The standard InChI is InChI=1S/C28H28N4O3/c33-27(29-18-22-10-4-5-11-23(22)20-31-14-16-35-17-15-31)26-24-12-6-7-13-25(24)28(34)32(30-26)19-21-8-2-1-3-9-21/h1-13H,14-20H2,(H,29,33). The largest absolute Gasteiger partial charge is 0.379 e. The van der Waals surface area contributed by atoms with Crippen molar-refractivity contribution in [2.24, 2.45) is 0 Å². The van der Waals surface area contributed by atoms with Gasteiger partial charge in [-0.25, -0.2) is 4.68 Å². The molecule has 0 radical (unpaired) electrons. The van der Waals surface area contributed by atoms with Crippen molar-refractivity contribution in [2.45, 2.75) is 19.6 Å². The molecule has 0 saturated carbocycles. The smallest absolute Gasteiger partial charge is 0.274 e. The van der Waals surface area contributed by atoms with Crippen LogP contribution in [-0.2, 0) is 24.4 Å². The summed E-state index contributed by atoms with van der Waals surface area (Å²) in [7, 11) is 0. The number of nitrogens with zero attached hydrogens (tertiary/aromatic N) is 3. The first-order valence-corrected chi connectivity index (χ1v) is 11.9. The lowest BCUT2D eigenvalue weighted by Crippen LogP contribution is -2.36. The van der Waals surface area contributed by atoms with Crippen molar-refractivity contribution in [2.75, 3.05) is 26.3 Å². The van der Waals surface area contributed by atoms with E-state index in [4.69, 9.17) is 4.74 Å². The minimum absolute atomic E-state index is 0.211. The third-order valence-corrected chi connectivity index (χ3v) is 6.31. The molecule has 5 rings (SSSR count). The highest BCUT2D eigenvalue weighted by atomic mass is 16.5. The molecule has 1 aromatic heterocycles. The number of fused-ring (bicyclic) bond motifs is 1. The van der Waals surface area contributed by atoms with E-state index in [1.165, 1.54) is 10.2 Å². The van der Waals surface area contributed by atoms with E-state index < -0.39 is 0 Å². The summed E-state index contributed by atoms with van der Waals surface area (Å²) in [4.78, 5) is 28.8. The summed E-state index contributed by atoms with van der Waals surface area (Å²) < 4.78 is 6.83. The first-order chi connectivity index (χ1) is 17.2. The summed E-state index contributed by atoms with van der Waals surface area (Å²) in [5.74, 6) is -0.302. The fraction of sp³-hybridized carbons (Fsp3) is 0.250. The Balaban J connectivity index is 1.39. The number of ether oxygens (including phenoxy) is 1. The van der Waals surface area contributed by atoms with Gasteiger partial charge in [0.2, 0.25) is 0 Å². The number of nitrogens with one attached hydrogen (secondary N) is 1. The molecule has 7 heteroatoms. The SMILES string of the molecule is O=C(NCc1ccccc1CN1CCOCC1)c1nn(Cc2ccccc2)c(=O)c2ccccc12. The van der Waals surface area contributed by atoms with E-state index in [0.29, 0.717) is 23.9 Å². The zero-order chi connectivity index (χ0) is 24.0. The first-order valence-electron chi connectivity index (χ1n) is 11.9. The number of amides is 1. The number of morpholine rings is 1. The van der Waals surface area contributed by atoms with Gasteiger partial charge in [-0.1, -0.05) is 72.8 Å². The molecule has 1 fully saturated rings. The van der Waals surface area contributed by atoms with E-state index in [-0.39, 0.29) is 17.2 Å². The fourth-order valence-electron chi connectivity index (χ4n) is 4.41. The highest BCUT2D eigenvalue weighted by Crippen LogP contribution is 2.16. The number of rotatable bonds is 7. The average molecular weight is 469 g/mol. The topological polar surface area (TPSA) is 76.5 Å². The van der Waals surface area contributed by atoms with Gasteiger partial charge < -0.3 is 10.1 Å². The van der Waals surface area contributed by atoms with Crippen molar-refractivity contribution in [1.82, 2.24) is 20.0 Å². The molecular weight excluding hydrogens is 440 g/mol. The Bertz CT molecular complexity index is 1380. The minimum atomic E-state index is -0.302. The first kappa shape index (κ1) is 23.0. The third-order valence-electron chi connectivity index (χ3n) is 6.31. The molecule has 0 unspecified atom stereocenters. The summed E-state index contributed by atoms with van der Waals surface area (Å²) in [6, 6.07) is 24.9. The number of benzene rings is 3. The molecule has 3 aromatic carbocycles. The Hall–Kier alpha value is -3.81. The van der Waals surface area contributed by atoms with Crippen LogP contribution in [0.2, 0.25) is 0 Å². The van der Waals surface area contributed by atoms with Gasteiger partial charge in [-0.2, -0.15) is 5.10 Å². The highest BCUT2D eigenvalue weighted by molar-refractivity contribution is 6.04. The number of carbonyl (C=O) groups excluding carboxylic acids is 1. The van der Waals surface area contributed by atoms with E-state index in [1.807, 2.05) is 54.6 Å². The maximum absolute atomic E-state index is 13.3. The van der Waals surface area contributed by atoms with Crippen LogP contribution in [0.4, 0.5) is 0 Å². The molecule has 0 bridgehead atoms. The molecule has 0 atom stereocenters. The summed E-state index contributed by atoms with van der Waals surface area (Å²) in [6.07, 6.45) is 0. The van der Waals surface area contributed by atoms with Gasteiger partial charge in [0.15, 0.2) is 5.69 Å². The van der Waals surface area contributed by atoms with Crippen LogP contribution >= 0.6 is 0 Å². The van der Waals surface area contributed by atoms with Gasteiger partial charge in [0, 0.05) is 31.6 Å². The maximum Gasteiger partial charge on any atom is 0.274 e. The van der Waals surface area contributed by atoms with Crippen molar-refractivity contribution in [3.05, 3.63) is 112 Å². The molecule has 1 amide bonds. The third kappa shape index (κ3) is 5.31. The zero-order valence-corrected chi connectivity index (χ0v) is 19.5. The van der Waals surface area contributed by atoms with E-state index in [1.54, 1.807) is 18.2 Å². The zero-order valence-electron chi connectivity index (χ0n) is 19.5. The van der Waals surface area contributed by atoms with Crippen molar-refractivity contribution in [3.63, 3.8) is 0 Å². The highest BCUT2D eigenvalue weighted by Gasteiger charge is 2.18. The molecule has 4 aromatic rings. The van der Waals surface area contributed by atoms with Crippen LogP contribution in [0.25, 0.3) is 10.8 Å². The summed E-state index contributed by atoms with van der Waals surface area (Å²) in [5.41, 5.74) is 3.23. The number of hydrogen-bond acceptors (Lipinski definition) is 5. The monoisotopic (exact) mass is 468 g/mol. The summed E-state index contributed by atoms with van der Waals surface area (Å²) in [6.45, 7) is 4.80. The lowest BCUT2D eigenvalue weighted by Gasteiger charge is -2.27. The van der Waals surface area contributed by atoms with Crippen LogP contribution in [0, 0.1) is 0 Å². The van der Waals surface area contributed by atoms with Crippen LogP contribution in [0.15, 0.2) is 83.7 Å². The van der Waals surface area contributed by atoms with Crippen LogP contribution in [-0.4, -0.2) is 46.9 Å². The number of carbonyl (C=O) groups is 1. The van der Waals surface area contributed by atoms with Crippen molar-refractivity contribution >= 4 is 16.7 Å². The molecule has 1 saturated heterocycles. The summed E-state index contributed by atoms with van der Waals surface area (Å²) >= 11 is 0. The quantitative estimate of drug-likeness (QED) is 0.451. The van der Waals surface area contributed by atoms with Crippen LogP contribution < -0.4 is 10.9 Å². The van der Waals surface area contributed by atoms with Crippen molar-refractivity contribution < 1.29 is 9.53 Å². The average Bonchev–Trinajstić information content (AvgIpc) is 2.91. The molecule has 178 valence electrons. The Morgan fingerprint density at radius 2 is 1.49 bits per heavy atom. The Morgan fingerprint density at radius 1 is 0.829 bits per heavy atom. The van der Waals surface area contributed by atoms with E-state index in [0.717, 1.165) is 44.0 Å². The molecule has 0 aliphatic carbocycles. The molecule has 1 aliphatic heterocycles. The molecule has 1 aliphatic rings. The lowest BCUT2D eigenvalue weighted by atomic mass is 10.1. The van der Waals surface area contributed by atoms with Crippen LogP contribution in [0.5, 0.6) is 0 Å². The molecule has 35 heavy (non-hydrogen) atoms. The van der Waals surface area contributed by atoms with Gasteiger partial charge in [0.1, 0.15) is 0 Å². The minimum Gasteiger partial charge on any atom is -0.379 e. The van der Waals surface area contributed by atoms with E-state index in [9.17, 15) is 9.59 Å². The van der Waals surface area contributed by atoms with Crippen LogP contribution in [0.1, 0.15) is 27.2 Å². The number of hydrogen-bond donors (Lipinski definition) is 1. The molecule has 7 nitrogen and oxygen atoms in total. The van der Waals surface area contributed by atoms with Gasteiger partial charge in [0.25, 0.3) is 11.5 Å². The number of aromatic nitrogens is 2. The van der Waals surface area contributed by atoms with Gasteiger partial charge in [-0.15, -0.1) is 0 Å². The maximum atomic E-state index is 13.3. The normalized spacial score (nSPS) is 14.2. The van der Waals surface area contributed by atoms with Gasteiger partial charge >= 0.3 is 0 Å². The predicted molar refractivity (Wildman–Crippen MR) is 135 cm³/mol. The molecule has 2 heterocycles.